The van der Waals surface area contributed by atoms with Crippen molar-refractivity contribution in [2.24, 2.45) is 0 Å². The molecule has 6 aromatic carbocycles. The molecule has 0 fully saturated rings. The Hall–Kier alpha value is -5.89. The van der Waals surface area contributed by atoms with E-state index in [1.54, 1.807) is 6.07 Å². The summed E-state index contributed by atoms with van der Waals surface area (Å²) in [6.45, 7) is 0. The SMILES string of the molecule is OB(O)c1ccc2c(c1)c1ccccc1n2-c1cccc(-c2ccc(-c3nc(-c4ccccc4)nc(-c4ccccc4)n3)cc2)c1. The minimum absolute atomic E-state index is 0.467. The number of benzene rings is 6. The number of fused-ring (bicyclic) bond motifs is 3. The molecular weight excluding hydrogens is 567 g/mol. The van der Waals surface area contributed by atoms with Gasteiger partial charge in [0.15, 0.2) is 17.5 Å². The third-order valence-corrected chi connectivity index (χ3v) is 8.27. The fraction of sp³-hybridized carbons (Fsp3) is 0. The molecule has 0 aliphatic carbocycles. The molecule has 0 unspecified atom stereocenters. The Labute approximate surface area is 266 Å². The Morgan fingerprint density at radius 1 is 0.413 bits per heavy atom. The van der Waals surface area contributed by atoms with E-state index >= 15 is 0 Å². The van der Waals surface area contributed by atoms with Gasteiger partial charge in [-0.25, -0.2) is 15.0 Å². The number of hydrogen-bond acceptors (Lipinski definition) is 5. The van der Waals surface area contributed by atoms with Crippen LogP contribution in [0.25, 0.3) is 72.8 Å². The summed E-state index contributed by atoms with van der Waals surface area (Å²) in [5.41, 5.74) is 8.44. The third kappa shape index (κ3) is 5.04. The zero-order chi connectivity index (χ0) is 31.0. The second-order valence-electron chi connectivity index (χ2n) is 11.2. The van der Waals surface area contributed by atoms with Crippen LogP contribution in [0.5, 0.6) is 0 Å². The molecule has 6 nitrogen and oxygen atoms in total. The second-order valence-corrected chi connectivity index (χ2v) is 11.2. The summed E-state index contributed by atoms with van der Waals surface area (Å²) in [5.74, 6) is 1.88. The first-order chi connectivity index (χ1) is 22.6. The lowest BCUT2D eigenvalue weighted by Crippen LogP contribution is -2.29. The lowest BCUT2D eigenvalue weighted by atomic mass is 9.80. The monoisotopic (exact) mass is 594 g/mol. The van der Waals surface area contributed by atoms with E-state index < -0.39 is 7.12 Å². The minimum Gasteiger partial charge on any atom is -0.423 e. The zero-order valence-corrected chi connectivity index (χ0v) is 24.7. The lowest BCUT2D eigenvalue weighted by molar-refractivity contribution is 0.426. The zero-order valence-electron chi connectivity index (χ0n) is 24.7. The molecule has 0 spiro atoms. The van der Waals surface area contributed by atoms with Crippen molar-refractivity contribution in [2.75, 3.05) is 0 Å². The van der Waals surface area contributed by atoms with Crippen molar-refractivity contribution in [3.63, 3.8) is 0 Å². The largest absolute Gasteiger partial charge is 0.488 e. The molecule has 46 heavy (non-hydrogen) atoms. The summed E-state index contributed by atoms with van der Waals surface area (Å²) in [4.78, 5) is 14.5. The summed E-state index contributed by atoms with van der Waals surface area (Å²) in [6, 6.07) is 50.5. The van der Waals surface area contributed by atoms with Gasteiger partial charge in [0.1, 0.15) is 0 Å². The number of rotatable bonds is 6. The Kier molecular flexibility index (Phi) is 6.95. The normalized spacial score (nSPS) is 11.3. The van der Waals surface area contributed by atoms with Crippen molar-refractivity contribution in [3.8, 4) is 51.0 Å². The van der Waals surface area contributed by atoms with Crippen LogP contribution in [0.2, 0.25) is 0 Å². The average molecular weight is 594 g/mol. The predicted molar refractivity (Wildman–Crippen MR) is 186 cm³/mol. The maximum Gasteiger partial charge on any atom is 0.488 e. The van der Waals surface area contributed by atoms with Crippen LogP contribution in [0.15, 0.2) is 152 Å². The summed E-state index contributed by atoms with van der Waals surface area (Å²) in [6.07, 6.45) is 0. The topological polar surface area (TPSA) is 84.1 Å². The van der Waals surface area contributed by atoms with Crippen molar-refractivity contribution < 1.29 is 10.0 Å². The van der Waals surface area contributed by atoms with Crippen molar-refractivity contribution in [1.82, 2.24) is 19.5 Å². The summed E-state index contributed by atoms with van der Waals surface area (Å²) >= 11 is 0. The van der Waals surface area contributed by atoms with Crippen molar-refractivity contribution >= 4 is 34.4 Å². The molecule has 0 bridgehead atoms. The van der Waals surface area contributed by atoms with Crippen LogP contribution in [0.1, 0.15) is 0 Å². The van der Waals surface area contributed by atoms with Gasteiger partial charge in [-0.1, -0.05) is 127 Å². The van der Waals surface area contributed by atoms with Gasteiger partial charge in [-0.15, -0.1) is 0 Å². The summed E-state index contributed by atoms with van der Waals surface area (Å²) in [5, 5.41) is 21.6. The molecule has 2 aromatic heterocycles. The predicted octanol–water partition coefficient (Wildman–Crippen LogP) is 7.32. The first kappa shape index (κ1) is 27.6. The van der Waals surface area contributed by atoms with E-state index in [1.165, 1.54) is 0 Å². The Morgan fingerprint density at radius 3 is 1.57 bits per heavy atom. The third-order valence-electron chi connectivity index (χ3n) is 8.27. The number of aromatic nitrogens is 4. The van der Waals surface area contributed by atoms with E-state index in [4.69, 9.17) is 15.0 Å². The number of hydrogen-bond donors (Lipinski definition) is 2. The van der Waals surface area contributed by atoms with Gasteiger partial charge in [-0.2, -0.15) is 0 Å². The smallest absolute Gasteiger partial charge is 0.423 e. The average Bonchev–Trinajstić information content (AvgIpc) is 3.46. The molecule has 0 aliphatic rings. The van der Waals surface area contributed by atoms with E-state index in [0.29, 0.717) is 22.9 Å². The van der Waals surface area contributed by atoms with Gasteiger partial charge in [0, 0.05) is 33.2 Å². The minimum atomic E-state index is -1.52. The molecule has 8 rings (SSSR count). The van der Waals surface area contributed by atoms with Gasteiger partial charge in [0.2, 0.25) is 0 Å². The maximum absolute atomic E-state index is 9.80. The molecule has 2 N–H and O–H groups in total. The molecule has 218 valence electrons. The molecule has 0 radical (unpaired) electrons. The Bertz CT molecular complexity index is 2280. The van der Waals surface area contributed by atoms with Crippen LogP contribution < -0.4 is 5.46 Å². The van der Waals surface area contributed by atoms with Gasteiger partial charge >= 0.3 is 7.12 Å². The number of nitrogens with zero attached hydrogens (tertiary/aromatic N) is 4. The number of para-hydroxylation sites is 1. The first-order valence-electron chi connectivity index (χ1n) is 15.1. The highest BCUT2D eigenvalue weighted by atomic mass is 16.4. The van der Waals surface area contributed by atoms with E-state index in [1.807, 2.05) is 84.9 Å². The highest BCUT2D eigenvalue weighted by molar-refractivity contribution is 6.59. The van der Waals surface area contributed by atoms with Crippen LogP contribution >= 0.6 is 0 Å². The molecule has 0 saturated carbocycles. The fourth-order valence-corrected chi connectivity index (χ4v) is 6.00. The maximum atomic E-state index is 9.80. The molecular formula is C39H27BN4O2. The highest BCUT2D eigenvalue weighted by Crippen LogP contribution is 2.33. The van der Waals surface area contributed by atoms with Gasteiger partial charge < -0.3 is 14.6 Å². The van der Waals surface area contributed by atoms with Gasteiger partial charge in [0.25, 0.3) is 0 Å². The van der Waals surface area contributed by atoms with Crippen LogP contribution in [0.4, 0.5) is 0 Å². The Balaban J connectivity index is 1.19. The first-order valence-corrected chi connectivity index (χ1v) is 15.1. The molecule has 0 saturated heterocycles. The Morgan fingerprint density at radius 2 is 0.935 bits per heavy atom. The van der Waals surface area contributed by atoms with E-state index in [9.17, 15) is 10.0 Å². The van der Waals surface area contributed by atoms with Crippen LogP contribution in [-0.4, -0.2) is 36.7 Å². The van der Waals surface area contributed by atoms with Crippen molar-refractivity contribution in [1.29, 1.82) is 0 Å². The highest BCUT2D eigenvalue weighted by Gasteiger charge is 2.17. The van der Waals surface area contributed by atoms with E-state index in [-0.39, 0.29) is 0 Å². The molecule has 7 heteroatoms. The van der Waals surface area contributed by atoms with Gasteiger partial charge in [-0.05, 0) is 40.9 Å². The van der Waals surface area contributed by atoms with Gasteiger partial charge in [0.05, 0.1) is 11.0 Å². The van der Waals surface area contributed by atoms with E-state index in [2.05, 4.69) is 65.2 Å². The quantitative estimate of drug-likeness (QED) is 0.197. The van der Waals surface area contributed by atoms with E-state index in [0.717, 1.165) is 55.3 Å². The molecule has 0 aliphatic heterocycles. The summed E-state index contributed by atoms with van der Waals surface area (Å²) < 4.78 is 2.22. The molecule has 0 amide bonds. The molecule has 2 heterocycles. The molecule has 8 aromatic rings. The van der Waals surface area contributed by atoms with Crippen LogP contribution in [0, 0.1) is 0 Å². The van der Waals surface area contributed by atoms with Gasteiger partial charge in [-0.3, -0.25) is 0 Å². The fourth-order valence-electron chi connectivity index (χ4n) is 6.00. The summed E-state index contributed by atoms with van der Waals surface area (Å²) in [7, 11) is -1.52. The van der Waals surface area contributed by atoms with Crippen molar-refractivity contribution in [2.45, 2.75) is 0 Å². The molecule has 0 atom stereocenters. The second kappa shape index (κ2) is 11.6. The van der Waals surface area contributed by atoms with Crippen molar-refractivity contribution in [3.05, 3.63) is 152 Å². The van der Waals surface area contributed by atoms with Crippen LogP contribution in [0.3, 0.4) is 0 Å². The van der Waals surface area contributed by atoms with Crippen LogP contribution in [-0.2, 0) is 0 Å². The standard InChI is InChI=1S/C39H27BN4O2/c45-40(46)31-22-23-36-34(25-31)33-16-7-8-17-35(33)44(36)32-15-9-14-30(24-32)26-18-20-29(21-19-26)39-42-37(27-10-3-1-4-11-27)41-38(43-39)28-12-5-2-6-13-28/h1-25,45-46H. The lowest BCUT2D eigenvalue weighted by Gasteiger charge is -2.11.